The Bertz CT molecular complexity index is 769. The molecule has 2 heterocycles. The number of nitrogens with zero attached hydrogens (tertiary/aromatic N) is 2. The van der Waals surface area contributed by atoms with Gasteiger partial charge in [-0.25, -0.2) is 0 Å². The minimum Gasteiger partial charge on any atom is -0.321 e. The number of hydrogen-bond donors (Lipinski definition) is 1. The highest BCUT2D eigenvalue weighted by Crippen LogP contribution is 2.22. The van der Waals surface area contributed by atoms with Gasteiger partial charge in [-0.05, 0) is 31.3 Å². The highest BCUT2D eigenvalue weighted by molar-refractivity contribution is 7.18. The van der Waals surface area contributed by atoms with Crippen LogP contribution in [0.1, 0.15) is 20.0 Å². The van der Waals surface area contributed by atoms with Gasteiger partial charge >= 0.3 is 0 Å². The maximum Gasteiger partial charge on any atom is 0.265 e. The standard InChI is InChI=1S/C18H20ClN3O2S/c1-21-7-9-22(10-8-21)12-15(23)13-3-2-4-14(11-13)20-18(24)16-5-6-17(19)25-16/h2-6,11H,7-10,12H2,1H3,(H,20,24). The van der Waals surface area contributed by atoms with Gasteiger partial charge in [-0.15, -0.1) is 11.3 Å². The zero-order valence-electron chi connectivity index (χ0n) is 14.0. The largest absolute Gasteiger partial charge is 0.321 e. The number of halogens is 1. The fourth-order valence-electron chi connectivity index (χ4n) is 2.70. The van der Waals surface area contributed by atoms with Gasteiger partial charge in [-0.3, -0.25) is 14.5 Å². The topological polar surface area (TPSA) is 52.6 Å². The van der Waals surface area contributed by atoms with Crippen LogP contribution in [0, 0.1) is 0 Å². The quantitative estimate of drug-likeness (QED) is 0.813. The number of carbonyl (C=O) groups excluding carboxylic acids is 2. The molecular formula is C18H20ClN3O2S. The van der Waals surface area contributed by atoms with Crippen molar-refractivity contribution in [3.8, 4) is 0 Å². The molecule has 0 atom stereocenters. The van der Waals surface area contributed by atoms with E-state index in [1.807, 2.05) is 0 Å². The average molecular weight is 378 g/mol. The Morgan fingerprint density at radius 2 is 1.92 bits per heavy atom. The number of thiophene rings is 1. The summed E-state index contributed by atoms with van der Waals surface area (Å²) in [4.78, 5) is 29.7. The Kier molecular flexibility index (Phi) is 5.86. The summed E-state index contributed by atoms with van der Waals surface area (Å²) in [6.45, 7) is 4.17. The molecule has 7 heteroatoms. The van der Waals surface area contributed by atoms with Crippen molar-refractivity contribution in [1.82, 2.24) is 9.80 Å². The molecule has 0 saturated carbocycles. The number of nitrogens with one attached hydrogen (secondary N) is 1. The van der Waals surface area contributed by atoms with Crippen LogP contribution < -0.4 is 5.32 Å². The molecule has 1 aromatic carbocycles. The van der Waals surface area contributed by atoms with Gasteiger partial charge in [-0.2, -0.15) is 0 Å². The molecule has 1 aromatic heterocycles. The second-order valence-corrected chi connectivity index (χ2v) is 7.86. The van der Waals surface area contributed by atoms with Gasteiger partial charge in [0.05, 0.1) is 15.8 Å². The van der Waals surface area contributed by atoms with Crippen molar-refractivity contribution in [3.05, 3.63) is 51.2 Å². The molecule has 1 aliphatic rings. The molecule has 0 unspecified atom stereocenters. The number of Topliss-reactive ketones (excluding diaryl/α,β-unsaturated/α-hetero) is 1. The number of amides is 1. The molecule has 0 spiro atoms. The Hall–Kier alpha value is -1.73. The lowest BCUT2D eigenvalue weighted by molar-refractivity contribution is 0.0876. The smallest absolute Gasteiger partial charge is 0.265 e. The number of anilines is 1. The fourth-order valence-corrected chi connectivity index (χ4v) is 3.64. The summed E-state index contributed by atoms with van der Waals surface area (Å²) in [5.41, 5.74) is 1.22. The third-order valence-electron chi connectivity index (χ3n) is 4.20. The van der Waals surface area contributed by atoms with Gasteiger partial charge in [0.1, 0.15) is 0 Å². The van der Waals surface area contributed by atoms with Crippen LogP contribution in [0.15, 0.2) is 36.4 Å². The Labute approximate surface area is 156 Å². The zero-order valence-corrected chi connectivity index (χ0v) is 15.6. The molecule has 3 rings (SSSR count). The molecule has 1 amide bonds. The molecule has 1 saturated heterocycles. The minimum absolute atomic E-state index is 0.0693. The zero-order chi connectivity index (χ0) is 17.8. The molecule has 0 radical (unpaired) electrons. The van der Waals surface area contributed by atoms with E-state index in [4.69, 9.17) is 11.6 Å². The summed E-state index contributed by atoms with van der Waals surface area (Å²) in [5, 5.41) is 2.82. The molecule has 25 heavy (non-hydrogen) atoms. The first-order valence-electron chi connectivity index (χ1n) is 8.12. The lowest BCUT2D eigenvalue weighted by atomic mass is 10.1. The maximum atomic E-state index is 12.5. The summed E-state index contributed by atoms with van der Waals surface area (Å²) >= 11 is 7.09. The van der Waals surface area contributed by atoms with E-state index < -0.39 is 0 Å². The van der Waals surface area contributed by atoms with E-state index in [9.17, 15) is 9.59 Å². The van der Waals surface area contributed by atoms with Crippen LogP contribution in [0.2, 0.25) is 4.34 Å². The lowest BCUT2D eigenvalue weighted by Gasteiger charge is -2.31. The number of hydrogen-bond acceptors (Lipinski definition) is 5. The van der Waals surface area contributed by atoms with E-state index in [1.54, 1.807) is 36.4 Å². The van der Waals surface area contributed by atoms with Crippen molar-refractivity contribution < 1.29 is 9.59 Å². The first-order chi connectivity index (χ1) is 12.0. The Morgan fingerprint density at radius 1 is 1.16 bits per heavy atom. The highest BCUT2D eigenvalue weighted by Gasteiger charge is 2.18. The molecule has 132 valence electrons. The summed E-state index contributed by atoms with van der Waals surface area (Å²) in [6, 6.07) is 10.5. The monoisotopic (exact) mass is 377 g/mol. The van der Waals surface area contributed by atoms with Crippen LogP contribution in [0.3, 0.4) is 0 Å². The first kappa shape index (κ1) is 18.1. The third kappa shape index (κ3) is 4.89. The first-order valence-corrected chi connectivity index (χ1v) is 9.31. The van der Waals surface area contributed by atoms with Gasteiger partial charge < -0.3 is 10.2 Å². The molecule has 1 aliphatic heterocycles. The van der Waals surface area contributed by atoms with Gasteiger partial charge in [0, 0.05) is 37.4 Å². The minimum atomic E-state index is -0.222. The van der Waals surface area contributed by atoms with E-state index >= 15 is 0 Å². The van der Waals surface area contributed by atoms with Crippen molar-refractivity contribution in [1.29, 1.82) is 0 Å². The fraction of sp³-hybridized carbons (Fsp3) is 0.333. The average Bonchev–Trinajstić information content (AvgIpc) is 3.04. The summed E-state index contributed by atoms with van der Waals surface area (Å²) in [7, 11) is 2.09. The van der Waals surface area contributed by atoms with Crippen LogP contribution in [-0.2, 0) is 0 Å². The van der Waals surface area contributed by atoms with Crippen molar-refractivity contribution in [2.45, 2.75) is 0 Å². The summed E-state index contributed by atoms with van der Waals surface area (Å²) in [5.74, 6) is -0.152. The maximum absolute atomic E-state index is 12.5. The molecule has 1 fully saturated rings. The summed E-state index contributed by atoms with van der Waals surface area (Å²) in [6.07, 6.45) is 0. The number of rotatable bonds is 5. The number of ketones is 1. The molecule has 0 bridgehead atoms. The molecule has 5 nitrogen and oxygen atoms in total. The Morgan fingerprint density at radius 3 is 2.60 bits per heavy atom. The Balaban J connectivity index is 1.62. The van der Waals surface area contributed by atoms with Crippen molar-refractivity contribution in [3.63, 3.8) is 0 Å². The van der Waals surface area contributed by atoms with Crippen molar-refractivity contribution >= 4 is 40.3 Å². The van der Waals surface area contributed by atoms with E-state index in [-0.39, 0.29) is 11.7 Å². The van der Waals surface area contributed by atoms with Crippen LogP contribution >= 0.6 is 22.9 Å². The van der Waals surface area contributed by atoms with Crippen LogP contribution in [0.25, 0.3) is 0 Å². The van der Waals surface area contributed by atoms with E-state index in [0.717, 1.165) is 26.2 Å². The number of benzene rings is 1. The molecule has 1 N–H and O–H groups in total. The van der Waals surface area contributed by atoms with E-state index in [1.165, 1.54) is 11.3 Å². The number of carbonyl (C=O) groups is 2. The molecule has 0 aliphatic carbocycles. The lowest BCUT2D eigenvalue weighted by Crippen LogP contribution is -2.46. The van der Waals surface area contributed by atoms with Crippen LogP contribution in [0.5, 0.6) is 0 Å². The predicted molar refractivity (Wildman–Crippen MR) is 102 cm³/mol. The van der Waals surface area contributed by atoms with Crippen LogP contribution in [-0.4, -0.2) is 61.3 Å². The van der Waals surface area contributed by atoms with Crippen LogP contribution in [0.4, 0.5) is 5.69 Å². The van der Waals surface area contributed by atoms with Gasteiger partial charge in [0.25, 0.3) is 5.91 Å². The van der Waals surface area contributed by atoms with E-state index in [0.29, 0.717) is 27.0 Å². The molecular weight excluding hydrogens is 358 g/mol. The molecule has 2 aromatic rings. The number of likely N-dealkylation sites (N-methyl/N-ethyl adjacent to an activating group) is 1. The second kappa shape index (κ2) is 8.10. The SMILES string of the molecule is CN1CCN(CC(=O)c2cccc(NC(=O)c3ccc(Cl)s3)c2)CC1. The second-order valence-electron chi connectivity index (χ2n) is 6.14. The predicted octanol–water partition coefficient (Wildman–Crippen LogP) is 3.08. The van der Waals surface area contributed by atoms with Gasteiger partial charge in [-0.1, -0.05) is 23.7 Å². The van der Waals surface area contributed by atoms with Gasteiger partial charge in [0.15, 0.2) is 5.78 Å². The summed E-state index contributed by atoms with van der Waals surface area (Å²) < 4.78 is 0.571. The van der Waals surface area contributed by atoms with Crippen molar-refractivity contribution in [2.24, 2.45) is 0 Å². The number of piperazine rings is 1. The van der Waals surface area contributed by atoms with Crippen molar-refractivity contribution in [2.75, 3.05) is 45.1 Å². The normalized spacial score (nSPS) is 15.9. The van der Waals surface area contributed by atoms with Gasteiger partial charge in [0.2, 0.25) is 0 Å². The van der Waals surface area contributed by atoms with E-state index in [2.05, 4.69) is 22.2 Å². The third-order valence-corrected chi connectivity index (χ3v) is 5.43. The highest BCUT2D eigenvalue weighted by atomic mass is 35.5.